The van der Waals surface area contributed by atoms with Crippen molar-refractivity contribution in [3.63, 3.8) is 0 Å². The molecule has 4 heteroatoms. The first kappa shape index (κ1) is 12.5. The molecule has 0 unspecified atom stereocenters. The molecular weight excluding hydrogens is 209 g/mol. The highest BCUT2D eigenvalue weighted by molar-refractivity contribution is 5.75. The molecule has 0 spiro atoms. The largest absolute Gasteiger partial charge is 0.493 e. The topological polar surface area (TPSA) is 38.3 Å². The van der Waals surface area contributed by atoms with Crippen LogP contribution in [-0.2, 0) is 4.79 Å². The fraction of sp³-hybridized carbons (Fsp3) is 0.417. The quantitative estimate of drug-likeness (QED) is 0.832. The Labute approximate surface area is 94.6 Å². The minimum Gasteiger partial charge on any atom is -0.493 e. The zero-order valence-corrected chi connectivity index (χ0v) is 9.55. The Bertz CT molecular complexity index is 366. The van der Waals surface area contributed by atoms with Crippen LogP contribution in [0.15, 0.2) is 18.2 Å². The molecule has 1 N–H and O–H groups in total. The summed E-state index contributed by atoms with van der Waals surface area (Å²) in [4.78, 5) is 11.1. The SMILES string of the molecule is CCNC(=O)CCOc1cc(F)ccc1C. The summed E-state index contributed by atoms with van der Waals surface area (Å²) >= 11 is 0. The summed E-state index contributed by atoms with van der Waals surface area (Å²) in [5, 5.41) is 2.66. The predicted octanol–water partition coefficient (Wildman–Crippen LogP) is 2.04. The minimum absolute atomic E-state index is 0.0587. The van der Waals surface area contributed by atoms with Crippen molar-refractivity contribution in [2.75, 3.05) is 13.2 Å². The molecule has 88 valence electrons. The van der Waals surface area contributed by atoms with Gasteiger partial charge in [0.25, 0.3) is 0 Å². The van der Waals surface area contributed by atoms with Crippen LogP contribution in [0, 0.1) is 12.7 Å². The number of hydrogen-bond acceptors (Lipinski definition) is 2. The summed E-state index contributed by atoms with van der Waals surface area (Å²) in [6.45, 7) is 4.56. The van der Waals surface area contributed by atoms with Crippen molar-refractivity contribution in [2.45, 2.75) is 20.3 Å². The lowest BCUT2D eigenvalue weighted by Gasteiger charge is -2.08. The van der Waals surface area contributed by atoms with Crippen LogP contribution in [0.5, 0.6) is 5.75 Å². The van der Waals surface area contributed by atoms with Gasteiger partial charge in [-0.05, 0) is 25.5 Å². The molecule has 1 aromatic rings. The van der Waals surface area contributed by atoms with E-state index in [2.05, 4.69) is 5.32 Å². The number of carbonyl (C=O) groups is 1. The lowest BCUT2D eigenvalue weighted by Crippen LogP contribution is -2.24. The molecule has 0 heterocycles. The Hall–Kier alpha value is -1.58. The number of nitrogens with one attached hydrogen (secondary N) is 1. The van der Waals surface area contributed by atoms with Gasteiger partial charge in [0.1, 0.15) is 11.6 Å². The van der Waals surface area contributed by atoms with Crippen LogP contribution in [0.2, 0.25) is 0 Å². The van der Waals surface area contributed by atoms with Crippen LogP contribution in [-0.4, -0.2) is 19.1 Å². The number of amides is 1. The minimum atomic E-state index is -0.335. The number of halogens is 1. The van der Waals surface area contributed by atoms with Crippen molar-refractivity contribution in [3.05, 3.63) is 29.6 Å². The molecule has 0 bridgehead atoms. The second kappa shape index (κ2) is 6.10. The summed E-state index contributed by atoms with van der Waals surface area (Å²) in [6, 6.07) is 4.36. The second-order valence-electron chi connectivity index (χ2n) is 3.46. The highest BCUT2D eigenvalue weighted by Crippen LogP contribution is 2.18. The molecule has 0 fully saturated rings. The maximum Gasteiger partial charge on any atom is 0.223 e. The molecule has 1 amide bonds. The van der Waals surface area contributed by atoms with Crippen LogP contribution < -0.4 is 10.1 Å². The van der Waals surface area contributed by atoms with E-state index < -0.39 is 0 Å². The Morgan fingerprint density at radius 2 is 2.25 bits per heavy atom. The van der Waals surface area contributed by atoms with Crippen LogP contribution in [0.3, 0.4) is 0 Å². The van der Waals surface area contributed by atoms with Gasteiger partial charge in [-0.15, -0.1) is 0 Å². The molecule has 0 saturated carbocycles. The number of ether oxygens (including phenoxy) is 1. The molecule has 0 aliphatic heterocycles. The maximum atomic E-state index is 12.9. The van der Waals surface area contributed by atoms with Crippen molar-refractivity contribution in [1.29, 1.82) is 0 Å². The van der Waals surface area contributed by atoms with E-state index in [0.717, 1.165) is 5.56 Å². The standard InChI is InChI=1S/C12H16FNO2/c1-3-14-12(15)6-7-16-11-8-10(13)5-4-9(11)2/h4-5,8H,3,6-7H2,1-2H3,(H,14,15). The van der Waals surface area contributed by atoms with E-state index in [1.807, 2.05) is 13.8 Å². The summed E-state index contributed by atoms with van der Waals surface area (Å²) in [5.74, 6) is 0.0967. The number of carbonyl (C=O) groups excluding carboxylic acids is 1. The molecule has 1 aromatic carbocycles. The fourth-order valence-electron chi connectivity index (χ4n) is 1.27. The predicted molar refractivity (Wildman–Crippen MR) is 59.9 cm³/mol. The van der Waals surface area contributed by atoms with Gasteiger partial charge in [-0.1, -0.05) is 6.07 Å². The molecule has 16 heavy (non-hydrogen) atoms. The zero-order valence-electron chi connectivity index (χ0n) is 9.55. The van der Waals surface area contributed by atoms with Crippen LogP contribution in [0.25, 0.3) is 0 Å². The number of aryl methyl sites for hydroxylation is 1. The smallest absolute Gasteiger partial charge is 0.223 e. The number of benzene rings is 1. The van der Waals surface area contributed by atoms with E-state index in [0.29, 0.717) is 12.3 Å². The highest BCUT2D eigenvalue weighted by atomic mass is 19.1. The van der Waals surface area contributed by atoms with Gasteiger partial charge in [-0.3, -0.25) is 4.79 Å². The van der Waals surface area contributed by atoms with Gasteiger partial charge in [-0.2, -0.15) is 0 Å². The zero-order chi connectivity index (χ0) is 12.0. The van der Waals surface area contributed by atoms with Gasteiger partial charge in [0.15, 0.2) is 0 Å². The van der Waals surface area contributed by atoms with Gasteiger partial charge in [-0.25, -0.2) is 4.39 Å². The van der Waals surface area contributed by atoms with Crippen molar-refractivity contribution in [2.24, 2.45) is 0 Å². The molecule has 0 aliphatic rings. The van der Waals surface area contributed by atoms with Crippen molar-refractivity contribution in [1.82, 2.24) is 5.32 Å². The Balaban J connectivity index is 2.42. The van der Waals surface area contributed by atoms with E-state index in [9.17, 15) is 9.18 Å². The molecule has 0 saturated heterocycles. The molecule has 0 radical (unpaired) electrons. The lowest BCUT2D eigenvalue weighted by molar-refractivity contribution is -0.121. The fourth-order valence-corrected chi connectivity index (χ4v) is 1.27. The second-order valence-corrected chi connectivity index (χ2v) is 3.46. The van der Waals surface area contributed by atoms with Gasteiger partial charge in [0.2, 0.25) is 5.91 Å². The van der Waals surface area contributed by atoms with E-state index in [1.54, 1.807) is 6.07 Å². The van der Waals surface area contributed by atoms with Crippen molar-refractivity contribution >= 4 is 5.91 Å². The number of rotatable bonds is 5. The van der Waals surface area contributed by atoms with E-state index in [-0.39, 0.29) is 24.8 Å². The maximum absolute atomic E-state index is 12.9. The summed E-state index contributed by atoms with van der Waals surface area (Å²) in [5.41, 5.74) is 0.859. The number of hydrogen-bond donors (Lipinski definition) is 1. The summed E-state index contributed by atoms with van der Waals surface area (Å²) < 4.78 is 18.2. The average molecular weight is 225 g/mol. The molecule has 0 atom stereocenters. The first-order chi connectivity index (χ1) is 7.63. The normalized spacial score (nSPS) is 9.94. The van der Waals surface area contributed by atoms with Crippen LogP contribution >= 0.6 is 0 Å². The third kappa shape index (κ3) is 3.88. The molecular formula is C12H16FNO2. The molecule has 0 aliphatic carbocycles. The van der Waals surface area contributed by atoms with E-state index >= 15 is 0 Å². The summed E-state index contributed by atoms with van der Waals surface area (Å²) in [7, 11) is 0. The van der Waals surface area contributed by atoms with E-state index in [4.69, 9.17) is 4.74 Å². The first-order valence-corrected chi connectivity index (χ1v) is 5.29. The third-order valence-electron chi connectivity index (χ3n) is 2.11. The molecule has 3 nitrogen and oxygen atoms in total. The van der Waals surface area contributed by atoms with Crippen molar-refractivity contribution in [3.8, 4) is 5.75 Å². The third-order valence-corrected chi connectivity index (χ3v) is 2.11. The van der Waals surface area contributed by atoms with Gasteiger partial charge in [0.05, 0.1) is 13.0 Å². The Morgan fingerprint density at radius 1 is 1.50 bits per heavy atom. The molecule has 0 aromatic heterocycles. The van der Waals surface area contributed by atoms with Crippen LogP contribution in [0.1, 0.15) is 18.9 Å². The lowest BCUT2D eigenvalue weighted by atomic mass is 10.2. The summed E-state index contributed by atoms with van der Waals surface area (Å²) in [6.07, 6.45) is 0.282. The first-order valence-electron chi connectivity index (χ1n) is 5.29. The highest BCUT2D eigenvalue weighted by Gasteiger charge is 2.03. The van der Waals surface area contributed by atoms with Crippen LogP contribution in [0.4, 0.5) is 4.39 Å². The van der Waals surface area contributed by atoms with Gasteiger partial charge < -0.3 is 10.1 Å². The van der Waals surface area contributed by atoms with Gasteiger partial charge >= 0.3 is 0 Å². The van der Waals surface area contributed by atoms with Gasteiger partial charge in [0, 0.05) is 12.6 Å². The van der Waals surface area contributed by atoms with E-state index in [1.165, 1.54) is 12.1 Å². The average Bonchev–Trinajstić information content (AvgIpc) is 2.23. The Kier molecular flexibility index (Phi) is 4.76. The molecule has 1 rings (SSSR count). The van der Waals surface area contributed by atoms with Crippen molar-refractivity contribution < 1.29 is 13.9 Å². The Morgan fingerprint density at radius 3 is 2.94 bits per heavy atom. The monoisotopic (exact) mass is 225 g/mol.